The molecule has 0 spiro atoms. The molecule has 1 unspecified atom stereocenters. The van der Waals surface area contributed by atoms with E-state index in [9.17, 15) is 0 Å². The van der Waals surface area contributed by atoms with Gasteiger partial charge in [0.15, 0.2) is 0 Å². The Morgan fingerprint density at radius 1 is 1.50 bits per heavy atom. The molecule has 1 fully saturated rings. The molecule has 1 aromatic heterocycles. The molecule has 2 heterocycles. The van der Waals surface area contributed by atoms with Gasteiger partial charge in [0.25, 0.3) is 0 Å². The largest absolute Gasteiger partial charge is 0.355 e. The lowest BCUT2D eigenvalue weighted by Crippen LogP contribution is -2.38. The normalized spacial score (nSPS) is 19.4. The number of nitrogens with one attached hydrogen (secondary N) is 1. The second kappa shape index (κ2) is 8.11. The van der Waals surface area contributed by atoms with Gasteiger partial charge in [0.2, 0.25) is 0 Å². The molecule has 2 rings (SSSR count). The van der Waals surface area contributed by atoms with Crippen LogP contribution in [0.25, 0.3) is 0 Å². The molecule has 1 saturated heterocycles. The fourth-order valence-corrected chi connectivity index (χ4v) is 3.70. The van der Waals surface area contributed by atoms with Crippen LogP contribution in [0.1, 0.15) is 32.3 Å². The van der Waals surface area contributed by atoms with Gasteiger partial charge in [-0.2, -0.15) is 11.8 Å². The van der Waals surface area contributed by atoms with Crippen molar-refractivity contribution >= 4 is 29.2 Å². The Kier molecular flexibility index (Phi) is 6.46. The molecule has 1 N–H and O–H groups in total. The van der Waals surface area contributed by atoms with Crippen LogP contribution < -0.4 is 10.2 Å². The molecule has 0 aromatic carbocycles. The Morgan fingerprint density at radius 3 is 3.10 bits per heavy atom. The molecular weight excluding hydrogens is 290 g/mol. The number of hydrogen-bond acceptors (Lipinski definition) is 4. The van der Waals surface area contributed by atoms with Gasteiger partial charge in [0.05, 0.1) is 5.02 Å². The summed E-state index contributed by atoms with van der Waals surface area (Å²) >= 11 is 8.32. The molecule has 1 aliphatic heterocycles. The van der Waals surface area contributed by atoms with Gasteiger partial charge in [0, 0.05) is 36.8 Å². The molecule has 0 amide bonds. The summed E-state index contributed by atoms with van der Waals surface area (Å²) < 4.78 is 0. The maximum Gasteiger partial charge on any atom is 0.128 e. The van der Waals surface area contributed by atoms with Crippen molar-refractivity contribution in [2.75, 3.05) is 30.3 Å². The third kappa shape index (κ3) is 4.27. The van der Waals surface area contributed by atoms with Crippen molar-refractivity contribution in [1.29, 1.82) is 0 Å². The maximum atomic E-state index is 6.24. The van der Waals surface area contributed by atoms with E-state index in [4.69, 9.17) is 11.6 Å². The van der Waals surface area contributed by atoms with Crippen molar-refractivity contribution in [3.8, 4) is 0 Å². The van der Waals surface area contributed by atoms with Gasteiger partial charge in [-0.25, -0.2) is 4.98 Å². The van der Waals surface area contributed by atoms with Gasteiger partial charge < -0.3 is 10.2 Å². The molecule has 112 valence electrons. The number of halogens is 1. The molecule has 5 heteroatoms. The fraction of sp³-hybridized carbons (Fsp3) is 0.667. The summed E-state index contributed by atoms with van der Waals surface area (Å²) in [6.45, 7) is 8.45. The zero-order valence-corrected chi connectivity index (χ0v) is 13.9. The highest BCUT2D eigenvalue weighted by Crippen LogP contribution is 2.26. The monoisotopic (exact) mass is 313 g/mol. The quantitative estimate of drug-likeness (QED) is 0.813. The van der Waals surface area contributed by atoms with E-state index in [0.29, 0.717) is 0 Å². The molecule has 0 saturated carbocycles. The molecule has 1 aromatic rings. The minimum atomic E-state index is 0.725. The van der Waals surface area contributed by atoms with E-state index in [-0.39, 0.29) is 0 Å². The maximum absolute atomic E-state index is 6.24. The second-order valence-corrected chi connectivity index (χ2v) is 6.97. The van der Waals surface area contributed by atoms with Crippen molar-refractivity contribution < 1.29 is 0 Å². The molecule has 20 heavy (non-hydrogen) atoms. The topological polar surface area (TPSA) is 28.2 Å². The summed E-state index contributed by atoms with van der Waals surface area (Å²) in [5, 5.41) is 4.89. The zero-order valence-electron chi connectivity index (χ0n) is 12.4. The van der Waals surface area contributed by atoms with Gasteiger partial charge in [0.1, 0.15) is 5.82 Å². The highest BCUT2D eigenvalue weighted by atomic mass is 35.5. The number of aromatic nitrogens is 1. The molecular formula is C15H24ClN3S. The predicted octanol–water partition coefficient (Wildman–Crippen LogP) is 3.57. The van der Waals surface area contributed by atoms with Crippen LogP contribution in [0.3, 0.4) is 0 Å². The summed E-state index contributed by atoms with van der Waals surface area (Å²) in [5.41, 5.74) is 1.15. The van der Waals surface area contributed by atoms with Gasteiger partial charge in [-0.3, -0.25) is 0 Å². The fourth-order valence-electron chi connectivity index (χ4n) is 2.35. The van der Waals surface area contributed by atoms with E-state index in [1.807, 2.05) is 0 Å². The lowest BCUT2D eigenvalue weighted by atomic mass is 10.2. The number of rotatable bonds is 6. The summed E-state index contributed by atoms with van der Waals surface area (Å²) in [6.07, 6.45) is 4.15. The molecule has 1 aliphatic rings. The smallest absolute Gasteiger partial charge is 0.128 e. The molecule has 3 nitrogen and oxygen atoms in total. The first kappa shape index (κ1) is 15.9. The van der Waals surface area contributed by atoms with Gasteiger partial charge in [-0.1, -0.05) is 25.4 Å². The predicted molar refractivity (Wildman–Crippen MR) is 90.0 cm³/mol. The van der Waals surface area contributed by atoms with E-state index in [2.05, 4.69) is 46.9 Å². The van der Waals surface area contributed by atoms with E-state index >= 15 is 0 Å². The second-order valence-electron chi connectivity index (χ2n) is 5.16. The van der Waals surface area contributed by atoms with Crippen LogP contribution in [0.15, 0.2) is 12.3 Å². The molecule has 0 aliphatic carbocycles. The summed E-state index contributed by atoms with van der Waals surface area (Å²) in [6, 6.07) is 2.15. The van der Waals surface area contributed by atoms with E-state index in [1.54, 1.807) is 6.20 Å². The molecule has 0 bridgehead atoms. The van der Waals surface area contributed by atoms with Crippen molar-refractivity contribution in [1.82, 2.24) is 10.3 Å². The van der Waals surface area contributed by atoms with Gasteiger partial charge in [-0.15, -0.1) is 0 Å². The Balaban J connectivity index is 2.05. The van der Waals surface area contributed by atoms with E-state index < -0.39 is 0 Å². The van der Waals surface area contributed by atoms with Crippen LogP contribution in [0.2, 0.25) is 5.02 Å². The Labute approximate surface area is 131 Å². The highest BCUT2D eigenvalue weighted by molar-refractivity contribution is 8.00. The number of anilines is 1. The van der Waals surface area contributed by atoms with Crippen molar-refractivity contribution in [2.24, 2.45) is 0 Å². The first-order chi connectivity index (χ1) is 9.74. The minimum Gasteiger partial charge on any atom is -0.355 e. The van der Waals surface area contributed by atoms with Gasteiger partial charge in [-0.05, 0) is 31.0 Å². The van der Waals surface area contributed by atoms with Crippen LogP contribution in [0.4, 0.5) is 5.82 Å². The van der Waals surface area contributed by atoms with Crippen LogP contribution in [0, 0.1) is 0 Å². The number of thioether (sulfide) groups is 1. The SMILES string of the molecule is CCCNCc1cc(N2CCSC(CC)C2)ncc1Cl. The summed E-state index contributed by atoms with van der Waals surface area (Å²) in [7, 11) is 0. The third-order valence-electron chi connectivity index (χ3n) is 3.58. The Bertz CT molecular complexity index is 428. The van der Waals surface area contributed by atoms with Crippen molar-refractivity contribution in [2.45, 2.75) is 38.5 Å². The number of hydrogen-bond donors (Lipinski definition) is 1. The Hall–Kier alpha value is -0.450. The van der Waals surface area contributed by atoms with E-state index in [0.717, 1.165) is 54.3 Å². The number of pyridine rings is 1. The van der Waals surface area contributed by atoms with E-state index in [1.165, 1.54) is 12.2 Å². The summed E-state index contributed by atoms with van der Waals surface area (Å²) in [5.74, 6) is 2.26. The Morgan fingerprint density at radius 2 is 2.35 bits per heavy atom. The number of nitrogens with zero attached hydrogens (tertiary/aromatic N) is 2. The minimum absolute atomic E-state index is 0.725. The molecule has 1 atom stereocenters. The van der Waals surface area contributed by atoms with Crippen LogP contribution in [-0.4, -0.2) is 35.6 Å². The van der Waals surface area contributed by atoms with Crippen LogP contribution in [0.5, 0.6) is 0 Å². The summed E-state index contributed by atoms with van der Waals surface area (Å²) in [4.78, 5) is 6.91. The van der Waals surface area contributed by atoms with Crippen LogP contribution >= 0.6 is 23.4 Å². The molecule has 0 radical (unpaired) electrons. The highest BCUT2D eigenvalue weighted by Gasteiger charge is 2.20. The lowest BCUT2D eigenvalue weighted by Gasteiger charge is -2.33. The van der Waals surface area contributed by atoms with Crippen LogP contribution in [-0.2, 0) is 6.54 Å². The average Bonchev–Trinajstić information content (AvgIpc) is 2.49. The van der Waals surface area contributed by atoms with Crippen molar-refractivity contribution in [3.63, 3.8) is 0 Å². The standard InChI is InChI=1S/C15H24ClN3S/c1-3-5-17-9-12-8-15(18-10-14(12)16)19-6-7-20-13(4-2)11-19/h8,10,13,17H,3-7,9,11H2,1-2H3. The first-order valence-electron chi connectivity index (χ1n) is 7.46. The first-order valence-corrected chi connectivity index (χ1v) is 8.89. The average molecular weight is 314 g/mol. The lowest BCUT2D eigenvalue weighted by molar-refractivity contribution is 0.673. The third-order valence-corrected chi connectivity index (χ3v) is 5.29. The van der Waals surface area contributed by atoms with Crippen molar-refractivity contribution in [3.05, 3.63) is 22.8 Å². The van der Waals surface area contributed by atoms with Gasteiger partial charge >= 0.3 is 0 Å². The zero-order chi connectivity index (χ0) is 14.4.